The van der Waals surface area contributed by atoms with Crippen LogP contribution in [0.2, 0.25) is 0 Å². The van der Waals surface area contributed by atoms with Crippen molar-refractivity contribution in [3.63, 3.8) is 0 Å². The molecule has 154 valence electrons. The maximum Gasteiger partial charge on any atom is 0.236 e. The molecular formula is C24H30N2O3. The number of carbonyl (C=O) groups is 2. The van der Waals surface area contributed by atoms with Gasteiger partial charge in [0.2, 0.25) is 11.8 Å². The van der Waals surface area contributed by atoms with Crippen molar-refractivity contribution in [1.82, 2.24) is 0 Å². The number of hydrogen-bond donors (Lipinski definition) is 1. The zero-order valence-corrected chi connectivity index (χ0v) is 17.7. The van der Waals surface area contributed by atoms with E-state index in [2.05, 4.69) is 19.2 Å². The van der Waals surface area contributed by atoms with Crippen LogP contribution < -0.4 is 15.0 Å². The molecule has 0 saturated carbocycles. The number of nitrogens with one attached hydrogen (secondary N) is 1. The molecule has 2 aromatic carbocycles. The Labute approximate surface area is 173 Å². The average Bonchev–Trinajstić information content (AvgIpc) is 2.77. The Balaban J connectivity index is 1.77. The first-order chi connectivity index (χ1) is 13.8. The van der Waals surface area contributed by atoms with Gasteiger partial charge in [-0.25, -0.2) is 0 Å². The normalized spacial score (nSPS) is 15.5. The maximum absolute atomic E-state index is 13.1. The van der Waals surface area contributed by atoms with Crippen LogP contribution in [0, 0.1) is 11.3 Å². The molecule has 0 aromatic heterocycles. The molecule has 0 atom stereocenters. The summed E-state index contributed by atoms with van der Waals surface area (Å²) in [6.07, 6.45) is 1.09. The molecule has 0 spiro atoms. The zero-order chi connectivity index (χ0) is 21.0. The standard InChI is InChI=1S/C24H30N2O3/c1-17(2)15-26-20-14-19(11-12-21(20)29-16-24(3,4)23(26)28)25-22(27)13-10-18-8-6-5-7-9-18/h5-9,11-12,14,17H,10,13,15-16H2,1-4H3,(H,25,27). The van der Waals surface area contributed by atoms with Crippen molar-refractivity contribution >= 4 is 23.2 Å². The van der Waals surface area contributed by atoms with Crippen LogP contribution >= 0.6 is 0 Å². The van der Waals surface area contributed by atoms with Gasteiger partial charge in [0.15, 0.2) is 0 Å². The summed E-state index contributed by atoms with van der Waals surface area (Å²) in [5, 5.41) is 2.96. The highest BCUT2D eigenvalue weighted by Gasteiger charge is 2.38. The number of hydrogen-bond acceptors (Lipinski definition) is 3. The number of ether oxygens (including phenoxy) is 1. The quantitative estimate of drug-likeness (QED) is 0.775. The van der Waals surface area contributed by atoms with E-state index in [0.29, 0.717) is 43.3 Å². The van der Waals surface area contributed by atoms with Crippen LogP contribution in [0.15, 0.2) is 48.5 Å². The van der Waals surface area contributed by atoms with Crippen LogP contribution in [0.25, 0.3) is 0 Å². The lowest BCUT2D eigenvalue weighted by atomic mass is 9.92. The topological polar surface area (TPSA) is 58.6 Å². The van der Waals surface area contributed by atoms with E-state index in [-0.39, 0.29) is 11.8 Å². The molecule has 1 N–H and O–H groups in total. The fourth-order valence-corrected chi connectivity index (χ4v) is 3.40. The van der Waals surface area contributed by atoms with Gasteiger partial charge in [-0.05, 0) is 49.9 Å². The number of rotatable bonds is 6. The number of aryl methyl sites for hydroxylation is 1. The molecule has 1 heterocycles. The monoisotopic (exact) mass is 394 g/mol. The van der Waals surface area contributed by atoms with Gasteiger partial charge in [-0.15, -0.1) is 0 Å². The summed E-state index contributed by atoms with van der Waals surface area (Å²) < 4.78 is 5.94. The Morgan fingerprint density at radius 2 is 1.90 bits per heavy atom. The molecule has 0 fully saturated rings. The van der Waals surface area contributed by atoms with E-state index in [1.807, 2.05) is 62.4 Å². The third-order valence-electron chi connectivity index (χ3n) is 4.98. The second-order valence-electron chi connectivity index (χ2n) is 8.70. The number of benzene rings is 2. The SMILES string of the molecule is CC(C)CN1C(=O)C(C)(C)COc2ccc(NC(=O)CCc3ccccc3)cc21. The lowest BCUT2D eigenvalue weighted by Gasteiger charge is -2.29. The summed E-state index contributed by atoms with van der Waals surface area (Å²) in [4.78, 5) is 27.3. The van der Waals surface area contributed by atoms with Crippen molar-refractivity contribution in [2.24, 2.45) is 11.3 Å². The van der Waals surface area contributed by atoms with Gasteiger partial charge < -0.3 is 15.0 Å². The number of nitrogens with zero attached hydrogens (tertiary/aromatic N) is 1. The van der Waals surface area contributed by atoms with Crippen LogP contribution in [0.5, 0.6) is 5.75 Å². The lowest BCUT2D eigenvalue weighted by molar-refractivity contribution is -0.127. The molecule has 29 heavy (non-hydrogen) atoms. The molecule has 0 saturated heterocycles. The molecule has 3 rings (SSSR count). The molecule has 5 heteroatoms. The molecule has 2 aromatic rings. The summed E-state index contributed by atoms with van der Waals surface area (Å²) in [5.74, 6) is 0.972. The van der Waals surface area contributed by atoms with Crippen LogP contribution in [0.4, 0.5) is 11.4 Å². The highest BCUT2D eigenvalue weighted by molar-refractivity contribution is 6.00. The average molecular weight is 395 g/mol. The fourth-order valence-electron chi connectivity index (χ4n) is 3.40. The van der Waals surface area contributed by atoms with Crippen molar-refractivity contribution in [1.29, 1.82) is 0 Å². The van der Waals surface area contributed by atoms with Crippen molar-refractivity contribution in [3.05, 3.63) is 54.1 Å². The van der Waals surface area contributed by atoms with Crippen molar-refractivity contribution in [3.8, 4) is 5.75 Å². The largest absolute Gasteiger partial charge is 0.490 e. The van der Waals surface area contributed by atoms with Crippen LogP contribution in [0.3, 0.4) is 0 Å². The Hall–Kier alpha value is -2.82. The molecule has 1 aliphatic heterocycles. The maximum atomic E-state index is 13.1. The molecule has 0 radical (unpaired) electrons. The molecule has 1 aliphatic rings. The van der Waals surface area contributed by atoms with Gasteiger partial charge in [0.1, 0.15) is 12.4 Å². The van der Waals surface area contributed by atoms with Gasteiger partial charge in [0.25, 0.3) is 0 Å². The van der Waals surface area contributed by atoms with Gasteiger partial charge in [0, 0.05) is 18.7 Å². The third kappa shape index (κ3) is 5.17. The van der Waals surface area contributed by atoms with E-state index in [1.165, 1.54) is 0 Å². The minimum absolute atomic E-state index is 0.0394. The number of fused-ring (bicyclic) bond motifs is 1. The molecule has 0 aliphatic carbocycles. The Bertz CT molecular complexity index is 875. The van der Waals surface area contributed by atoms with E-state index in [9.17, 15) is 9.59 Å². The summed E-state index contributed by atoms with van der Waals surface area (Å²) in [6.45, 7) is 8.91. The van der Waals surface area contributed by atoms with Crippen LogP contribution in [-0.4, -0.2) is 25.0 Å². The van der Waals surface area contributed by atoms with E-state index in [1.54, 1.807) is 4.90 Å². The summed E-state index contributed by atoms with van der Waals surface area (Å²) in [7, 11) is 0. The predicted octanol–water partition coefficient (Wildman–Crippen LogP) is 4.67. The van der Waals surface area contributed by atoms with Gasteiger partial charge in [-0.1, -0.05) is 44.2 Å². The highest BCUT2D eigenvalue weighted by Crippen LogP contribution is 2.38. The molecule has 5 nitrogen and oxygen atoms in total. The van der Waals surface area contributed by atoms with E-state index in [4.69, 9.17) is 4.74 Å². The number of anilines is 2. The Kier molecular flexibility index (Phi) is 6.26. The predicted molar refractivity (Wildman–Crippen MR) is 116 cm³/mol. The van der Waals surface area contributed by atoms with Crippen LogP contribution in [0.1, 0.15) is 39.7 Å². The minimum atomic E-state index is -0.604. The number of amides is 2. The van der Waals surface area contributed by atoms with Gasteiger partial charge in [-0.3, -0.25) is 9.59 Å². The van der Waals surface area contributed by atoms with Crippen LogP contribution in [-0.2, 0) is 16.0 Å². The van der Waals surface area contributed by atoms with E-state index in [0.717, 1.165) is 11.3 Å². The second kappa shape index (κ2) is 8.68. The van der Waals surface area contributed by atoms with Crippen molar-refractivity contribution < 1.29 is 14.3 Å². The van der Waals surface area contributed by atoms with E-state index >= 15 is 0 Å². The number of carbonyl (C=O) groups excluding carboxylic acids is 2. The first-order valence-electron chi connectivity index (χ1n) is 10.2. The summed E-state index contributed by atoms with van der Waals surface area (Å²) in [6, 6.07) is 15.5. The van der Waals surface area contributed by atoms with Gasteiger partial charge in [0.05, 0.1) is 11.1 Å². The minimum Gasteiger partial charge on any atom is -0.490 e. The Morgan fingerprint density at radius 1 is 1.17 bits per heavy atom. The zero-order valence-electron chi connectivity index (χ0n) is 17.7. The molecule has 0 bridgehead atoms. The molecule has 0 unspecified atom stereocenters. The van der Waals surface area contributed by atoms with Gasteiger partial charge in [-0.2, -0.15) is 0 Å². The lowest BCUT2D eigenvalue weighted by Crippen LogP contribution is -2.43. The molecular weight excluding hydrogens is 364 g/mol. The Morgan fingerprint density at radius 3 is 2.59 bits per heavy atom. The molecule has 2 amide bonds. The fraction of sp³-hybridized carbons (Fsp3) is 0.417. The summed E-state index contributed by atoms with van der Waals surface area (Å²) >= 11 is 0. The van der Waals surface area contributed by atoms with E-state index < -0.39 is 5.41 Å². The van der Waals surface area contributed by atoms with Crippen molar-refractivity contribution in [2.45, 2.75) is 40.5 Å². The first-order valence-corrected chi connectivity index (χ1v) is 10.2. The second-order valence-corrected chi connectivity index (χ2v) is 8.70. The first kappa shape index (κ1) is 20.9. The van der Waals surface area contributed by atoms with Crippen molar-refractivity contribution in [2.75, 3.05) is 23.4 Å². The third-order valence-corrected chi connectivity index (χ3v) is 4.98. The summed E-state index contributed by atoms with van der Waals surface area (Å²) in [5.41, 5.74) is 1.92. The smallest absolute Gasteiger partial charge is 0.236 e. The van der Waals surface area contributed by atoms with Gasteiger partial charge >= 0.3 is 0 Å². The highest BCUT2D eigenvalue weighted by atomic mass is 16.5.